The number of rotatable bonds is 6. The van der Waals surface area contributed by atoms with Gasteiger partial charge in [0.1, 0.15) is 5.82 Å². The van der Waals surface area contributed by atoms with Crippen LogP contribution >= 0.6 is 0 Å². The van der Waals surface area contributed by atoms with Crippen molar-refractivity contribution >= 4 is 16.7 Å². The second-order valence-electron chi connectivity index (χ2n) is 9.55. The van der Waals surface area contributed by atoms with E-state index in [1.54, 1.807) is 17.0 Å². The Hall–Kier alpha value is -3.50. The van der Waals surface area contributed by atoms with Gasteiger partial charge in [-0.3, -0.25) is 9.69 Å². The molecule has 1 aliphatic rings. The second-order valence-corrected chi connectivity index (χ2v) is 9.55. The van der Waals surface area contributed by atoms with E-state index in [1.165, 1.54) is 60.8 Å². The Morgan fingerprint density at radius 2 is 1.54 bits per heavy atom. The summed E-state index contributed by atoms with van der Waals surface area (Å²) in [4.78, 5) is 17.4. The van der Waals surface area contributed by atoms with E-state index in [2.05, 4.69) is 41.3 Å². The largest absolute Gasteiger partial charge is 0.337 e. The predicted molar refractivity (Wildman–Crippen MR) is 141 cm³/mol. The number of amides is 1. The maximum atomic E-state index is 13.2. The molecule has 0 spiro atoms. The number of carbonyl (C=O) groups is 1. The smallest absolute Gasteiger partial charge is 0.253 e. The van der Waals surface area contributed by atoms with Crippen LogP contribution in [0.5, 0.6) is 0 Å². The lowest BCUT2D eigenvalue weighted by Crippen LogP contribution is -2.29. The molecule has 1 amide bonds. The van der Waals surface area contributed by atoms with Crippen molar-refractivity contribution in [2.75, 3.05) is 20.1 Å². The Morgan fingerprint density at radius 1 is 0.857 bits per heavy atom. The van der Waals surface area contributed by atoms with Gasteiger partial charge in [0.15, 0.2) is 0 Å². The molecular weight excluding hydrogens is 435 g/mol. The third-order valence-electron chi connectivity index (χ3n) is 6.95. The third kappa shape index (κ3) is 5.44. The molecule has 1 aliphatic heterocycles. The van der Waals surface area contributed by atoms with Gasteiger partial charge in [0, 0.05) is 25.7 Å². The molecule has 1 saturated heterocycles. The van der Waals surface area contributed by atoms with E-state index in [9.17, 15) is 9.18 Å². The molecule has 1 heterocycles. The Labute approximate surface area is 206 Å². The minimum Gasteiger partial charge on any atom is -0.337 e. The maximum absolute atomic E-state index is 13.2. The second kappa shape index (κ2) is 10.4. The highest BCUT2D eigenvalue weighted by atomic mass is 19.1. The van der Waals surface area contributed by atoms with Crippen LogP contribution in [0.2, 0.25) is 0 Å². The van der Waals surface area contributed by atoms with Crippen molar-refractivity contribution in [1.29, 1.82) is 0 Å². The van der Waals surface area contributed by atoms with E-state index in [1.807, 2.05) is 31.3 Å². The molecule has 0 N–H and O–H groups in total. The molecular formula is C31H31FN2O. The van der Waals surface area contributed by atoms with Gasteiger partial charge in [0.25, 0.3) is 5.91 Å². The highest BCUT2D eigenvalue weighted by molar-refractivity contribution is 5.95. The standard InChI is InChI=1S/C31H31FN2O/c1-33(31(35)26-11-9-24(10-12-26)25-13-15-29(32)16-14-25)22-28-7-5-6-27-20-23(8-17-30(27)28)21-34-18-3-2-4-19-34/h5-17,20H,2-4,18-19,21-22H2,1H3. The molecule has 3 nitrogen and oxygen atoms in total. The van der Waals surface area contributed by atoms with Crippen molar-refractivity contribution in [2.24, 2.45) is 0 Å². The Kier molecular flexibility index (Phi) is 6.91. The molecule has 178 valence electrons. The number of nitrogens with zero attached hydrogens (tertiary/aromatic N) is 2. The predicted octanol–water partition coefficient (Wildman–Crippen LogP) is 6.90. The SMILES string of the molecule is CN(Cc1cccc2cc(CN3CCCCC3)ccc12)C(=O)c1ccc(-c2ccc(F)cc2)cc1. The van der Waals surface area contributed by atoms with Crippen molar-refractivity contribution in [3.63, 3.8) is 0 Å². The fourth-order valence-electron chi connectivity index (χ4n) is 5.01. The molecule has 0 atom stereocenters. The van der Waals surface area contributed by atoms with Gasteiger partial charge in [-0.1, -0.05) is 61.0 Å². The zero-order chi connectivity index (χ0) is 24.2. The molecule has 35 heavy (non-hydrogen) atoms. The summed E-state index contributed by atoms with van der Waals surface area (Å²) < 4.78 is 13.2. The monoisotopic (exact) mass is 466 g/mol. The van der Waals surface area contributed by atoms with Gasteiger partial charge in [0.05, 0.1) is 0 Å². The van der Waals surface area contributed by atoms with Crippen LogP contribution in [0.1, 0.15) is 40.7 Å². The first-order chi connectivity index (χ1) is 17.1. The fourth-order valence-corrected chi connectivity index (χ4v) is 5.01. The molecule has 0 radical (unpaired) electrons. The van der Waals surface area contributed by atoms with E-state index in [0.717, 1.165) is 23.2 Å². The average molecular weight is 467 g/mol. The summed E-state index contributed by atoms with van der Waals surface area (Å²) in [7, 11) is 1.85. The minimum atomic E-state index is -0.256. The molecule has 4 heteroatoms. The Morgan fingerprint density at radius 3 is 2.26 bits per heavy atom. The topological polar surface area (TPSA) is 23.6 Å². The maximum Gasteiger partial charge on any atom is 0.253 e. The van der Waals surface area contributed by atoms with Crippen molar-refractivity contribution in [3.05, 3.63) is 107 Å². The third-order valence-corrected chi connectivity index (χ3v) is 6.95. The highest BCUT2D eigenvalue weighted by Gasteiger charge is 2.15. The van der Waals surface area contributed by atoms with E-state index in [-0.39, 0.29) is 11.7 Å². The van der Waals surface area contributed by atoms with Crippen molar-refractivity contribution in [2.45, 2.75) is 32.4 Å². The lowest BCUT2D eigenvalue weighted by Gasteiger charge is -2.26. The van der Waals surface area contributed by atoms with Gasteiger partial charge in [-0.25, -0.2) is 4.39 Å². The van der Waals surface area contributed by atoms with Crippen LogP contribution < -0.4 is 0 Å². The molecule has 0 saturated carbocycles. The van der Waals surface area contributed by atoms with Gasteiger partial charge >= 0.3 is 0 Å². The van der Waals surface area contributed by atoms with Crippen LogP contribution in [0.4, 0.5) is 4.39 Å². The number of fused-ring (bicyclic) bond motifs is 1. The Balaban J connectivity index is 1.29. The molecule has 0 aliphatic carbocycles. The number of carbonyl (C=O) groups excluding carboxylic acids is 1. The molecule has 0 bridgehead atoms. The van der Waals surface area contributed by atoms with E-state index >= 15 is 0 Å². The zero-order valence-electron chi connectivity index (χ0n) is 20.2. The Bertz CT molecular complexity index is 1310. The van der Waals surface area contributed by atoms with Gasteiger partial charge in [-0.2, -0.15) is 0 Å². The van der Waals surface area contributed by atoms with Crippen molar-refractivity contribution < 1.29 is 9.18 Å². The first kappa shape index (κ1) is 23.3. The zero-order valence-corrected chi connectivity index (χ0v) is 20.2. The van der Waals surface area contributed by atoms with E-state index in [4.69, 9.17) is 0 Å². The first-order valence-electron chi connectivity index (χ1n) is 12.4. The quantitative estimate of drug-likeness (QED) is 0.308. The van der Waals surface area contributed by atoms with Gasteiger partial charge in [0.2, 0.25) is 0 Å². The summed E-state index contributed by atoms with van der Waals surface area (Å²) in [6, 6.07) is 27.0. The van der Waals surface area contributed by atoms with Gasteiger partial charge < -0.3 is 4.90 Å². The number of benzene rings is 4. The summed E-state index contributed by atoms with van der Waals surface area (Å²) in [6.45, 7) is 3.93. The number of halogens is 1. The van der Waals surface area contributed by atoms with Crippen LogP contribution in [0.3, 0.4) is 0 Å². The molecule has 1 fully saturated rings. The first-order valence-corrected chi connectivity index (χ1v) is 12.4. The van der Waals surface area contributed by atoms with Crippen LogP contribution in [-0.2, 0) is 13.1 Å². The van der Waals surface area contributed by atoms with Crippen LogP contribution in [0.15, 0.2) is 84.9 Å². The fraction of sp³-hybridized carbons (Fsp3) is 0.258. The summed E-state index contributed by atoms with van der Waals surface area (Å²) in [5.74, 6) is -0.275. The summed E-state index contributed by atoms with van der Waals surface area (Å²) in [5, 5.41) is 2.42. The molecule has 0 unspecified atom stereocenters. The van der Waals surface area contributed by atoms with Crippen LogP contribution in [0, 0.1) is 5.82 Å². The van der Waals surface area contributed by atoms with Crippen LogP contribution in [0.25, 0.3) is 21.9 Å². The van der Waals surface area contributed by atoms with E-state index in [0.29, 0.717) is 12.1 Å². The molecule has 0 aromatic heterocycles. The van der Waals surface area contributed by atoms with Gasteiger partial charge in [-0.05, 0) is 89.3 Å². The average Bonchev–Trinajstić information content (AvgIpc) is 2.89. The minimum absolute atomic E-state index is 0.0191. The number of hydrogen-bond acceptors (Lipinski definition) is 2. The number of hydrogen-bond donors (Lipinski definition) is 0. The molecule has 4 aromatic carbocycles. The summed E-state index contributed by atoms with van der Waals surface area (Å²) in [5.41, 5.74) is 5.02. The number of likely N-dealkylation sites (tertiary alicyclic amines) is 1. The van der Waals surface area contributed by atoms with Crippen molar-refractivity contribution in [3.8, 4) is 11.1 Å². The summed E-state index contributed by atoms with van der Waals surface area (Å²) >= 11 is 0. The van der Waals surface area contributed by atoms with E-state index < -0.39 is 0 Å². The lowest BCUT2D eigenvalue weighted by molar-refractivity contribution is 0.0785. The normalized spacial score (nSPS) is 14.2. The van der Waals surface area contributed by atoms with Crippen LogP contribution in [-0.4, -0.2) is 35.8 Å². The molecule has 5 rings (SSSR count). The highest BCUT2D eigenvalue weighted by Crippen LogP contribution is 2.24. The summed E-state index contributed by atoms with van der Waals surface area (Å²) in [6.07, 6.45) is 3.95. The lowest BCUT2D eigenvalue weighted by atomic mass is 10.0. The molecule has 4 aromatic rings. The van der Waals surface area contributed by atoms with Gasteiger partial charge in [-0.15, -0.1) is 0 Å². The number of piperidine rings is 1. The van der Waals surface area contributed by atoms with Crippen molar-refractivity contribution in [1.82, 2.24) is 9.80 Å².